The molecule has 0 fully saturated rings. The molecule has 0 bridgehead atoms. The van der Waals surface area contributed by atoms with Crippen LogP contribution in [0.15, 0.2) is 17.5 Å². The van der Waals surface area contributed by atoms with Crippen molar-refractivity contribution in [2.45, 2.75) is 71.6 Å². The SMILES string of the molecule is CC(C)[C@@H](C[C@@H](OCCCCN1C(=O)C=CC1=O)c1nc(C(=O)O)cs1)N(C)C(=O)OC(C)(C)C. The number of aromatic nitrogens is 1. The summed E-state index contributed by atoms with van der Waals surface area (Å²) in [6, 6.07) is -0.252. The molecule has 1 N–H and O–H groups in total. The van der Waals surface area contributed by atoms with Gasteiger partial charge in [-0.25, -0.2) is 14.6 Å². The number of nitrogens with zero attached hydrogens (tertiary/aromatic N) is 3. The molecule has 3 amide bonds. The maximum atomic E-state index is 12.7. The van der Waals surface area contributed by atoms with Crippen LogP contribution in [-0.4, -0.2) is 75.6 Å². The molecule has 0 radical (unpaired) electrons. The van der Waals surface area contributed by atoms with Gasteiger partial charge in [-0.2, -0.15) is 0 Å². The van der Waals surface area contributed by atoms with Gasteiger partial charge in [-0.05, 0) is 39.5 Å². The van der Waals surface area contributed by atoms with Crippen LogP contribution >= 0.6 is 11.3 Å². The number of hydrogen-bond acceptors (Lipinski definition) is 8. The molecule has 0 aromatic carbocycles. The number of ether oxygens (including phenoxy) is 2. The molecule has 0 saturated heterocycles. The van der Waals surface area contributed by atoms with Gasteiger partial charge in [0.15, 0.2) is 5.69 Å². The first kappa shape index (κ1) is 28.4. The Bertz CT molecular complexity index is 933. The maximum absolute atomic E-state index is 12.7. The molecular formula is C24H35N3O7S. The van der Waals surface area contributed by atoms with Gasteiger partial charge in [0.1, 0.15) is 16.7 Å². The smallest absolute Gasteiger partial charge is 0.410 e. The second-order valence-corrected chi connectivity index (χ2v) is 10.6. The lowest BCUT2D eigenvalue weighted by atomic mass is 9.96. The molecule has 1 aromatic heterocycles. The minimum absolute atomic E-state index is 0.0567. The van der Waals surface area contributed by atoms with E-state index in [2.05, 4.69) is 4.98 Å². The van der Waals surface area contributed by atoms with Crippen LogP contribution < -0.4 is 0 Å². The predicted molar refractivity (Wildman–Crippen MR) is 130 cm³/mol. The molecule has 1 aliphatic heterocycles. The van der Waals surface area contributed by atoms with Gasteiger partial charge in [0, 0.05) is 50.2 Å². The highest BCUT2D eigenvalue weighted by Crippen LogP contribution is 2.31. The summed E-state index contributed by atoms with van der Waals surface area (Å²) in [4.78, 5) is 54.4. The number of unbranched alkanes of at least 4 members (excludes halogenated alkanes) is 1. The van der Waals surface area contributed by atoms with Gasteiger partial charge in [0.05, 0.1) is 0 Å². The summed E-state index contributed by atoms with van der Waals surface area (Å²) in [5.74, 6) is -1.69. The van der Waals surface area contributed by atoms with E-state index in [-0.39, 0.29) is 29.5 Å². The first-order chi connectivity index (χ1) is 16.3. The number of carboxylic acid groups (broad SMARTS) is 1. The van der Waals surface area contributed by atoms with Crippen LogP contribution in [0.5, 0.6) is 0 Å². The van der Waals surface area contributed by atoms with E-state index in [1.165, 1.54) is 33.8 Å². The molecule has 2 atom stereocenters. The van der Waals surface area contributed by atoms with E-state index in [9.17, 15) is 24.3 Å². The number of amides is 3. The number of hydrogen-bond donors (Lipinski definition) is 1. The lowest BCUT2D eigenvalue weighted by Crippen LogP contribution is -2.44. The summed E-state index contributed by atoms with van der Waals surface area (Å²) >= 11 is 1.20. The van der Waals surface area contributed by atoms with E-state index in [0.29, 0.717) is 37.4 Å². The standard InChI is InChI=1S/C24H35N3O7S/c1-15(2)17(26(6)23(32)34-24(3,4)5)13-18(21-25-16(14-35-21)22(30)31)33-12-8-7-11-27-19(28)9-10-20(27)29/h9-10,14-15,17-18H,7-8,11-13H2,1-6H3,(H,30,31)/t17-,18-/m1/s1. The van der Waals surface area contributed by atoms with Gasteiger partial charge < -0.3 is 19.5 Å². The zero-order chi connectivity index (χ0) is 26.3. The zero-order valence-corrected chi connectivity index (χ0v) is 22.0. The van der Waals surface area contributed by atoms with Crippen molar-refractivity contribution in [2.24, 2.45) is 5.92 Å². The quantitative estimate of drug-likeness (QED) is 0.332. The number of carbonyl (C=O) groups is 4. The molecule has 0 aliphatic carbocycles. The summed E-state index contributed by atoms with van der Waals surface area (Å²) in [6.45, 7) is 10.0. The molecule has 0 unspecified atom stereocenters. The Morgan fingerprint density at radius 1 is 1.17 bits per heavy atom. The van der Waals surface area contributed by atoms with Crippen LogP contribution in [0.4, 0.5) is 4.79 Å². The van der Waals surface area contributed by atoms with Crippen LogP contribution in [0.1, 0.15) is 75.5 Å². The fourth-order valence-corrected chi connectivity index (χ4v) is 4.44. The van der Waals surface area contributed by atoms with E-state index in [1.54, 1.807) is 32.7 Å². The molecule has 0 spiro atoms. The Hall–Kier alpha value is -2.79. The maximum Gasteiger partial charge on any atom is 0.410 e. The monoisotopic (exact) mass is 509 g/mol. The Kier molecular flexibility index (Phi) is 9.96. The highest BCUT2D eigenvalue weighted by Gasteiger charge is 2.32. The number of carboxylic acids is 1. The van der Waals surface area contributed by atoms with E-state index >= 15 is 0 Å². The van der Waals surface area contributed by atoms with E-state index in [4.69, 9.17) is 9.47 Å². The second kappa shape index (κ2) is 12.3. The summed E-state index contributed by atoms with van der Waals surface area (Å²) in [7, 11) is 1.68. The van der Waals surface area contributed by atoms with E-state index in [0.717, 1.165) is 0 Å². The van der Waals surface area contributed by atoms with Crippen LogP contribution in [0.3, 0.4) is 0 Å². The van der Waals surface area contributed by atoms with Gasteiger partial charge >= 0.3 is 12.1 Å². The third-order valence-corrected chi connectivity index (χ3v) is 6.35. The molecule has 10 nitrogen and oxygen atoms in total. The Morgan fingerprint density at radius 3 is 2.31 bits per heavy atom. The highest BCUT2D eigenvalue weighted by molar-refractivity contribution is 7.09. The number of carbonyl (C=O) groups excluding carboxylic acids is 3. The van der Waals surface area contributed by atoms with Gasteiger partial charge in [-0.3, -0.25) is 14.5 Å². The van der Waals surface area contributed by atoms with Crippen LogP contribution in [0, 0.1) is 5.92 Å². The lowest BCUT2D eigenvalue weighted by Gasteiger charge is -2.34. The van der Waals surface area contributed by atoms with E-state index < -0.39 is 23.8 Å². The van der Waals surface area contributed by atoms with Gasteiger partial charge in [0.2, 0.25) is 0 Å². The van der Waals surface area contributed by atoms with Crippen LogP contribution in [0.2, 0.25) is 0 Å². The van der Waals surface area contributed by atoms with Crippen molar-refractivity contribution >= 4 is 35.2 Å². The summed E-state index contributed by atoms with van der Waals surface area (Å²) in [5.41, 5.74) is -0.694. The van der Waals surface area contributed by atoms with Crippen molar-refractivity contribution in [3.05, 3.63) is 28.2 Å². The van der Waals surface area contributed by atoms with Crippen molar-refractivity contribution in [1.29, 1.82) is 0 Å². The van der Waals surface area contributed by atoms with Crippen molar-refractivity contribution in [2.75, 3.05) is 20.2 Å². The Balaban J connectivity index is 2.07. The molecular weight excluding hydrogens is 474 g/mol. The zero-order valence-electron chi connectivity index (χ0n) is 21.1. The second-order valence-electron chi connectivity index (χ2n) is 9.74. The molecule has 1 aliphatic rings. The number of imide groups is 1. The fourth-order valence-electron chi connectivity index (χ4n) is 3.59. The number of aromatic carboxylic acids is 1. The first-order valence-corrected chi connectivity index (χ1v) is 12.5. The summed E-state index contributed by atoms with van der Waals surface area (Å²) in [5, 5.41) is 11.3. The number of rotatable bonds is 12. The molecule has 2 rings (SSSR count). The van der Waals surface area contributed by atoms with Gasteiger partial charge in [-0.1, -0.05) is 13.8 Å². The predicted octanol–water partition coefficient (Wildman–Crippen LogP) is 3.89. The van der Waals surface area contributed by atoms with Gasteiger partial charge in [-0.15, -0.1) is 11.3 Å². The first-order valence-electron chi connectivity index (χ1n) is 11.6. The third-order valence-electron chi connectivity index (χ3n) is 5.42. The normalized spacial score (nSPS) is 15.6. The van der Waals surface area contributed by atoms with Crippen molar-refractivity contribution < 1.29 is 33.8 Å². The number of thiazole rings is 1. The van der Waals surface area contributed by atoms with Crippen molar-refractivity contribution in [3.8, 4) is 0 Å². The Morgan fingerprint density at radius 2 is 1.80 bits per heavy atom. The molecule has 0 saturated carbocycles. The van der Waals surface area contributed by atoms with Crippen molar-refractivity contribution in [1.82, 2.24) is 14.8 Å². The molecule has 1 aromatic rings. The van der Waals surface area contributed by atoms with Crippen molar-refractivity contribution in [3.63, 3.8) is 0 Å². The summed E-state index contributed by atoms with van der Waals surface area (Å²) < 4.78 is 11.6. The lowest BCUT2D eigenvalue weighted by molar-refractivity contribution is -0.136. The topological polar surface area (TPSA) is 126 Å². The molecule has 11 heteroatoms. The molecule has 2 heterocycles. The Labute approximate surface area is 209 Å². The minimum Gasteiger partial charge on any atom is -0.476 e. The highest BCUT2D eigenvalue weighted by atomic mass is 32.1. The largest absolute Gasteiger partial charge is 0.476 e. The third kappa shape index (κ3) is 8.43. The summed E-state index contributed by atoms with van der Waals surface area (Å²) in [6.07, 6.45) is 3.06. The molecule has 194 valence electrons. The van der Waals surface area contributed by atoms with Gasteiger partial charge in [0.25, 0.3) is 11.8 Å². The molecule has 35 heavy (non-hydrogen) atoms. The van der Waals surface area contributed by atoms with E-state index in [1.807, 2.05) is 13.8 Å². The fraction of sp³-hybridized carbons (Fsp3) is 0.625. The minimum atomic E-state index is -1.12. The van der Waals surface area contributed by atoms with Crippen LogP contribution in [-0.2, 0) is 19.1 Å². The van der Waals surface area contributed by atoms with Crippen LogP contribution in [0.25, 0.3) is 0 Å². The average Bonchev–Trinajstić information content (AvgIpc) is 3.36. The average molecular weight is 510 g/mol.